The zero-order valence-electron chi connectivity index (χ0n) is 16.1. The molecule has 0 heterocycles. The summed E-state index contributed by atoms with van der Waals surface area (Å²) in [6.07, 6.45) is 4.83. The summed E-state index contributed by atoms with van der Waals surface area (Å²) in [5.74, 6) is 1.90. The summed E-state index contributed by atoms with van der Waals surface area (Å²) in [4.78, 5) is 26.1. The number of nitrogens with one attached hydrogen (secondary N) is 1. The molecule has 0 bridgehead atoms. The van der Waals surface area contributed by atoms with Crippen LogP contribution >= 0.6 is 0 Å². The van der Waals surface area contributed by atoms with Gasteiger partial charge in [0.1, 0.15) is 11.4 Å². The number of rotatable bonds is 6. The molecule has 1 N–H and O–H groups in total. The van der Waals surface area contributed by atoms with Gasteiger partial charge in [-0.3, -0.25) is 4.79 Å². The second-order valence-corrected chi connectivity index (χ2v) is 7.77. The molecular formula is C20H27FN2O3. The molecule has 0 atom stereocenters. The van der Waals surface area contributed by atoms with Crippen molar-refractivity contribution in [2.24, 2.45) is 0 Å². The number of halogens is 1. The van der Waals surface area contributed by atoms with Gasteiger partial charge in [-0.05, 0) is 52.3 Å². The van der Waals surface area contributed by atoms with Gasteiger partial charge in [-0.1, -0.05) is 18.1 Å². The zero-order valence-corrected chi connectivity index (χ0v) is 16.1. The van der Waals surface area contributed by atoms with E-state index < -0.39 is 17.2 Å². The topological polar surface area (TPSA) is 58.6 Å². The molecule has 0 aromatic heterocycles. The molecule has 1 aromatic carbocycles. The second-order valence-electron chi connectivity index (χ2n) is 7.77. The van der Waals surface area contributed by atoms with Gasteiger partial charge in [-0.15, -0.1) is 6.42 Å². The highest BCUT2D eigenvalue weighted by Crippen LogP contribution is 2.15. The Kier molecular flexibility index (Phi) is 7.19. The number of carbonyl (C=O) groups excluding carboxylic acids is 2. The van der Waals surface area contributed by atoms with E-state index in [1.165, 1.54) is 17.0 Å². The smallest absolute Gasteiger partial charge is 0.408 e. The number of nitrogens with zero attached hydrogens (tertiary/aromatic N) is 1. The Morgan fingerprint density at radius 2 is 1.77 bits per heavy atom. The fourth-order valence-electron chi connectivity index (χ4n) is 2.27. The third-order valence-corrected chi connectivity index (χ3v) is 3.35. The van der Waals surface area contributed by atoms with Crippen LogP contribution in [-0.4, -0.2) is 34.6 Å². The number of ether oxygens (including phenoxy) is 1. The molecule has 142 valence electrons. The van der Waals surface area contributed by atoms with E-state index in [-0.39, 0.29) is 31.2 Å². The number of carbonyl (C=O) groups is 2. The molecule has 0 spiro atoms. The highest BCUT2D eigenvalue weighted by atomic mass is 19.1. The lowest BCUT2D eigenvalue weighted by atomic mass is 9.99. The van der Waals surface area contributed by atoms with Gasteiger partial charge in [0.25, 0.3) is 0 Å². The van der Waals surface area contributed by atoms with Gasteiger partial charge < -0.3 is 15.0 Å². The molecule has 0 aliphatic heterocycles. The summed E-state index contributed by atoms with van der Waals surface area (Å²) < 4.78 is 18.3. The Hall–Kier alpha value is -2.55. The molecule has 6 heteroatoms. The van der Waals surface area contributed by atoms with Crippen LogP contribution in [0.15, 0.2) is 24.3 Å². The molecule has 2 amide bonds. The summed E-state index contributed by atoms with van der Waals surface area (Å²) in [7, 11) is 0. The molecule has 1 aromatic rings. The molecule has 0 radical (unpaired) electrons. The summed E-state index contributed by atoms with van der Waals surface area (Å²) in [6.45, 7) is 9.17. The van der Waals surface area contributed by atoms with E-state index in [1.54, 1.807) is 46.8 Å². The van der Waals surface area contributed by atoms with Gasteiger partial charge in [0.05, 0.1) is 6.54 Å². The molecule has 26 heavy (non-hydrogen) atoms. The Morgan fingerprint density at radius 1 is 1.19 bits per heavy atom. The predicted octanol–water partition coefficient (Wildman–Crippen LogP) is 3.48. The first kappa shape index (κ1) is 21.5. The van der Waals surface area contributed by atoms with E-state index in [0.717, 1.165) is 5.56 Å². The fraction of sp³-hybridized carbons (Fsp3) is 0.500. The van der Waals surface area contributed by atoms with E-state index in [4.69, 9.17) is 11.2 Å². The molecule has 5 nitrogen and oxygen atoms in total. The van der Waals surface area contributed by atoms with Gasteiger partial charge in [-0.2, -0.15) is 0 Å². The minimum absolute atomic E-state index is 0.0507. The van der Waals surface area contributed by atoms with E-state index in [9.17, 15) is 14.0 Å². The Bertz CT molecular complexity index is 670. The minimum Gasteiger partial charge on any atom is -0.444 e. The second kappa shape index (κ2) is 8.70. The summed E-state index contributed by atoms with van der Waals surface area (Å²) in [6, 6.07) is 5.89. The van der Waals surface area contributed by atoms with Crippen LogP contribution in [0.25, 0.3) is 0 Å². The average molecular weight is 362 g/mol. The summed E-state index contributed by atoms with van der Waals surface area (Å²) in [5, 5.41) is 2.70. The fourth-order valence-corrected chi connectivity index (χ4v) is 2.27. The lowest BCUT2D eigenvalue weighted by Gasteiger charge is -2.30. The molecule has 0 aliphatic rings. The maximum absolute atomic E-state index is 13.0. The molecule has 0 aliphatic carbocycles. The minimum atomic E-state index is -0.810. The van der Waals surface area contributed by atoms with E-state index >= 15 is 0 Å². The van der Waals surface area contributed by atoms with Crippen molar-refractivity contribution >= 4 is 12.0 Å². The van der Waals surface area contributed by atoms with Gasteiger partial charge in [0.2, 0.25) is 5.91 Å². The van der Waals surface area contributed by atoms with Gasteiger partial charge in [0.15, 0.2) is 0 Å². The van der Waals surface area contributed by atoms with Crippen molar-refractivity contribution < 1.29 is 18.7 Å². The largest absolute Gasteiger partial charge is 0.444 e. The number of hydrogen-bond acceptors (Lipinski definition) is 3. The molecule has 0 saturated carbocycles. The number of terminal acetylenes is 1. The van der Waals surface area contributed by atoms with Crippen LogP contribution in [0.5, 0.6) is 0 Å². The van der Waals surface area contributed by atoms with Crippen molar-refractivity contribution in [3.05, 3.63) is 35.6 Å². The van der Waals surface area contributed by atoms with Crippen molar-refractivity contribution in [1.29, 1.82) is 0 Å². The normalized spacial score (nSPS) is 11.4. The van der Waals surface area contributed by atoms with E-state index in [0.29, 0.717) is 0 Å². The average Bonchev–Trinajstić information content (AvgIpc) is 2.45. The van der Waals surface area contributed by atoms with Crippen molar-refractivity contribution in [1.82, 2.24) is 10.2 Å². The van der Waals surface area contributed by atoms with Crippen molar-refractivity contribution in [3.63, 3.8) is 0 Å². The quantitative estimate of drug-likeness (QED) is 0.788. The van der Waals surface area contributed by atoms with Crippen LogP contribution in [0.1, 0.15) is 46.6 Å². The summed E-state index contributed by atoms with van der Waals surface area (Å²) >= 11 is 0. The van der Waals surface area contributed by atoms with Crippen molar-refractivity contribution in [3.8, 4) is 12.3 Å². The van der Waals surface area contributed by atoms with Crippen LogP contribution < -0.4 is 5.32 Å². The maximum atomic E-state index is 13.0. The molecule has 0 unspecified atom stereocenters. The first-order valence-corrected chi connectivity index (χ1v) is 8.39. The van der Waals surface area contributed by atoms with Crippen molar-refractivity contribution in [2.75, 3.05) is 6.54 Å². The van der Waals surface area contributed by atoms with Gasteiger partial charge in [0, 0.05) is 18.5 Å². The van der Waals surface area contributed by atoms with Crippen LogP contribution in [-0.2, 0) is 16.1 Å². The predicted molar refractivity (Wildman–Crippen MR) is 98.7 cm³/mol. The lowest BCUT2D eigenvalue weighted by molar-refractivity contribution is -0.132. The molecule has 0 fully saturated rings. The molecule has 1 rings (SSSR count). The van der Waals surface area contributed by atoms with Crippen molar-refractivity contribution in [2.45, 2.75) is 58.7 Å². The number of alkyl carbamates (subject to hydrolysis) is 1. The number of hydrogen-bond donors (Lipinski definition) is 1. The first-order chi connectivity index (χ1) is 11.9. The van der Waals surface area contributed by atoms with Crippen LogP contribution in [0, 0.1) is 18.2 Å². The van der Waals surface area contributed by atoms with Crippen LogP contribution in [0.2, 0.25) is 0 Å². The standard InChI is InChI=1S/C20H27FN2O3/c1-7-12-23(14-15-8-10-16(21)11-9-15)17(24)13-20(5,6)22-18(25)26-19(2,3)4/h1,8-11H,12-14H2,2-6H3,(H,22,25). The monoisotopic (exact) mass is 362 g/mol. The third-order valence-electron chi connectivity index (χ3n) is 3.35. The van der Waals surface area contributed by atoms with Gasteiger partial charge >= 0.3 is 6.09 Å². The maximum Gasteiger partial charge on any atom is 0.408 e. The number of benzene rings is 1. The molecule has 0 saturated heterocycles. The SMILES string of the molecule is C#CCN(Cc1ccc(F)cc1)C(=O)CC(C)(C)NC(=O)OC(C)(C)C. The van der Waals surface area contributed by atoms with E-state index in [1.807, 2.05) is 0 Å². The lowest BCUT2D eigenvalue weighted by Crippen LogP contribution is -2.49. The Labute approximate surface area is 154 Å². The van der Waals surface area contributed by atoms with Gasteiger partial charge in [-0.25, -0.2) is 9.18 Å². The first-order valence-electron chi connectivity index (χ1n) is 8.39. The molecular weight excluding hydrogens is 335 g/mol. The zero-order chi connectivity index (χ0) is 20.0. The highest BCUT2D eigenvalue weighted by Gasteiger charge is 2.29. The highest BCUT2D eigenvalue weighted by molar-refractivity contribution is 5.79. The number of amides is 2. The Balaban J connectivity index is 2.74. The Morgan fingerprint density at radius 3 is 2.27 bits per heavy atom. The van der Waals surface area contributed by atoms with Crippen LogP contribution in [0.3, 0.4) is 0 Å². The third kappa shape index (κ3) is 8.02. The summed E-state index contributed by atoms with van der Waals surface area (Å²) in [5.41, 5.74) is -0.662. The van der Waals surface area contributed by atoms with E-state index in [2.05, 4.69) is 11.2 Å². The van der Waals surface area contributed by atoms with Crippen LogP contribution in [0.4, 0.5) is 9.18 Å².